The topological polar surface area (TPSA) is 72.9 Å². The van der Waals surface area contributed by atoms with Crippen molar-refractivity contribution in [1.82, 2.24) is 4.98 Å². The molecule has 0 saturated carbocycles. The van der Waals surface area contributed by atoms with E-state index in [0.29, 0.717) is 29.5 Å². The summed E-state index contributed by atoms with van der Waals surface area (Å²) in [6.45, 7) is 1.56. The molecule has 3 aromatic rings. The quantitative estimate of drug-likeness (QED) is 0.636. The van der Waals surface area contributed by atoms with E-state index in [1.54, 1.807) is 44.8 Å². The summed E-state index contributed by atoms with van der Waals surface area (Å²) in [6, 6.07) is 11.6. The van der Waals surface area contributed by atoms with Crippen LogP contribution in [0.1, 0.15) is 12.8 Å². The minimum absolute atomic E-state index is 0.0184. The van der Waals surface area contributed by atoms with Gasteiger partial charge in [-0.1, -0.05) is 23.5 Å². The lowest BCUT2D eigenvalue weighted by molar-refractivity contribution is -0.120. The fraction of sp³-hybridized carbons (Fsp3) is 0.364. The van der Waals surface area contributed by atoms with Crippen LogP contribution in [0.25, 0.3) is 10.2 Å². The average molecular weight is 428 g/mol. The van der Waals surface area contributed by atoms with Gasteiger partial charge in [0.25, 0.3) is 0 Å². The Morgan fingerprint density at radius 1 is 1.13 bits per heavy atom. The lowest BCUT2D eigenvalue weighted by Gasteiger charge is -2.31. The summed E-state index contributed by atoms with van der Waals surface area (Å²) in [5.41, 5.74) is 1.62. The maximum atomic E-state index is 13.0. The molecule has 7 nitrogen and oxygen atoms in total. The Hall–Kier alpha value is -3.00. The Labute approximate surface area is 179 Å². The SMILES string of the molecule is COc1cc(NC(=O)C2CCCN(c3nc4ccccc4s3)C2)cc(OC)c1OC. The number of carbonyl (C=O) groups is 1. The Balaban J connectivity index is 1.49. The molecule has 1 aliphatic rings. The molecular formula is C22H25N3O4S. The summed E-state index contributed by atoms with van der Waals surface area (Å²) >= 11 is 1.67. The molecule has 1 N–H and O–H groups in total. The summed E-state index contributed by atoms with van der Waals surface area (Å²) in [5.74, 6) is 1.37. The summed E-state index contributed by atoms with van der Waals surface area (Å²) < 4.78 is 17.3. The highest BCUT2D eigenvalue weighted by Crippen LogP contribution is 2.40. The van der Waals surface area contributed by atoms with Gasteiger partial charge in [0.2, 0.25) is 11.7 Å². The molecule has 2 aromatic carbocycles. The number of hydrogen-bond acceptors (Lipinski definition) is 7. The second-order valence-electron chi connectivity index (χ2n) is 7.15. The zero-order valence-corrected chi connectivity index (χ0v) is 18.1. The Kier molecular flexibility index (Phi) is 5.94. The van der Waals surface area contributed by atoms with Crippen molar-refractivity contribution in [2.24, 2.45) is 5.92 Å². The molecule has 1 aromatic heterocycles. The first-order chi connectivity index (χ1) is 14.6. The molecule has 0 spiro atoms. The molecule has 1 fully saturated rings. The maximum absolute atomic E-state index is 13.0. The van der Waals surface area contributed by atoms with Crippen molar-refractivity contribution >= 4 is 38.3 Å². The second kappa shape index (κ2) is 8.79. The third-order valence-corrected chi connectivity index (χ3v) is 6.37. The number of aromatic nitrogens is 1. The second-order valence-corrected chi connectivity index (χ2v) is 8.16. The van der Waals surface area contributed by atoms with Gasteiger partial charge in [-0.15, -0.1) is 0 Å². The smallest absolute Gasteiger partial charge is 0.229 e. The molecule has 158 valence electrons. The van der Waals surface area contributed by atoms with E-state index in [2.05, 4.69) is 16.3 Å². The molecule has 0 aliphatic carbocycles. The molecule has 1 aliphatic heterocycles. The number of nitrogens with zero attached hydrogens (tertiary/aromatic N) is 2. The summed E-state index contributed by atoms with van der Waals surface area (Å²) in [7, 11) is 4.66. The third-order valence-electron chi connectivity index (χ3n) is 5.28. The van der Waals surface area contributed by atoms with Gasteiger partial charge in [0.15, 0.2) is 16.6 Å². The van der Waals surface area contributed by atoms with Gasteiger partial charge in [0, 0.05) is 30.9 Å². The minimum Gasteiger partial charge on any atom is -0.493 e. The molecule has 1 amide bonds. The monoisotopic (exact) mass is 427 g/mol. The van der Waals surface area contributed by atoms with Gasteiger partial charge in [-0.2, -0.15) is 0 Å². The first-order valence-corrected chi connectivity index (χ1v) is 10.7. The number of fused-ring (bicyclic) bond motifs is 1. The number of piperidine rings is 1. The fourth-order valence-electron chi connectivity index (χ4n) is 3.76. The van der Waals surface area contributed by atoms with Crippen molar-refractivity contribution in [1.29, 1.82) is 0 Å². The molecular weight excluding hydrogens is 402 g/mol. The molecule has 1 atom stereocenters. The number of rotatable bonds is 6. The minimum atomic E-state index is -0.121. The Morgan fingerprint density at radius 2 is 1.87 bits per heavy atom. The number of thiazole rings is 1. The van der Waals surface area contributed by atoms with Gasteiger partial charge in [-0.25, -0.2) is 4.98 Å². The van der Waals surface area contributed by atoms with E-state index in [1.165, 1.54) is 0 Å². The van der Waals surface area contributed by atoms with Gasteiger partial charge < -0.3 is 24.4 Å². The van der Waals surface area contributed by atoms with Crippen molar-refractivity contribution in [3.63, 3.8) is 0 Å². The van der Waals surface area contributed by atoms with Crippen LogP contribution < -0.4 is 24.4 Å². The van der Waals surface area contributed by atoms with Crippen LogP contribution in [-0.2, 0) is 4.79 Å². The van der Waals surface area contributed by atoms with Crippen LogP contribution in [0.4, 0.5) is 10.8 Å². The third kappa shape index (κ3) is 4.00. The number of amides is 1. The normalized spacial score (nSPS) is 16.4. The van der Waals surface area contributed by atoms with E-state index in [1.807, 2.05) is 18.2 Å². The fourth-order valence-corrected chi connectivity index (χ4v) is 4.76. The van der Waals surface area contributed by atoms with Crippen LogP contribution in [0.15, 0.2) is 36.4 Å². The zero-order valence-electron chi connectivity index (χ0n) is 17.3. The van der Waals surface area contributed by atoms with Crippen LogP contribution in [0.2, 0.25) is 0 Å². The van der Waals surface area contributed by atoms with E-state index in [-0.39, 0.29) is 11.8 Å². The molecule has 8 heteroatoms. The highest BCUT2D eigenvalue weighted by Gasteiger charge is 2.28. The van der Waals surface area contributed by atoms with Crippen LogP contribution >= 0.6 is 11.3 Å². The average Bonchev–Trinajstić information content (AvgIpc) is 3.22. The van der Waals surface area contributed by atoms with Crippen LogP contribution in [0.3, 0.4) is 0 Å². The van der Waals surface area contributed by atoms with E-state index in [4.69, 9.17) is 19.2 Å². The zero-order chi connectivity index (χ0) is 21.1. The lowest BCUT2D eigenvalue weighted by atomic mass is 9.97. The number of nitrogens with one attached hydrogen (secondary N) is 1. The molecule has 2 heterocycles. The van der Waals surface area contributed by atoms with Gasteiger partial charge in [-0.3, -0.25) is 4.79 Å². The number of methoxy groups -OCH3 is 3. The number of ether oxygens (including phenoxy) is 3. The number of carbonyl (C=O) groups excluding carboxylic acids is 1. The van der Waals surface area contributed by atoms with Gasteiger partial charge in [0.05, 0.1) is 37.5 Å². The molecule has 0 radical (unpaired) electrons. The summed E-state index contributed by atoms with van der Waals surface area (Å²) in [4.78, 5) is 20.0. The molecule has 1 unspecified atom stereocenters. The predicted molar refractivity (Wildman–Crippen MR) is 119 cm³/mol. The van der Waals surface area contributed by atoms with E-state index >= 15 is 0 Å². The van der Waals surface area contributed by atoms with Crippen molar-refractivity contribution in [2.45, 2.75) is 12.8 Å². The van der Waals surface area contributed by atoms with Gasteiger partial charge >= 0.3 is 0 Å². The summed E-state index contributed by atoms with van der Waals surface area (Å²) in [5, 5.41) is 3.99. The van der Waals surface area contributed by atoms with Crippen LogP contribution in [-0.4, -0.2) is 45.3 Å². The molecule has 4 rings (SSSR count). The number of anilines is 2. The van der Waals surface area contributed by atoms with Gasteiger partial charge in [-0.05, 0) is 25.0 Å². The standard InChI is InChI=1S/C22H25N3O4S/c1-27-17-11-15(12-18(28-2)20(17)29-3)23-21(26)14-7-6-10-25(13-14)22-24-16-8-4-5-9-19(16)30-22/h4-5,8-9,11-12,14H,6-7,10,13H2,1-3H3,(H,23,26). The Bertz CT molecular complexity index is 994. The van der Waals surface area contributed by atoms with Crippen molar-refractivity contribution in [3.05, 3.63) is 36.4 Å². The largest absolute Gasteiger partial charge is 0.493 e. The number of benzene rings is 2. The molecule has 0 bridgehead atoms. The van der Waals surface area contributed by atoms with Crippen molar-refractivity contribution in [3.8, 4) is 17.2 Å². The number of hydrogen-bond donors (Lipinski definition) is 1. The Morgan fingerprint density at radius 3 is 2.53 bits per heavy atom. The van der Waals surface area contributed by atoms with Crippen LogP contribution in [0, 0.1) is 5.92 Å². The number of para-hydroxylation sites is 1. The van der Waals surface area contributed by atoms with Crippen LogP contribution in [0.5, 0.6) is 17.2 Å². The molecule has 1 saturated heterocycles. The summed E-state index contributed by atoms with van der Waals surface area (Å²) in [6.07, 6.45) is 1.79. The van der Waals surface area contributed by atoms with Gasteiger partial charge in [0.1, 0.15) is 0 Å². The van der Waals surface area contributed by atoms with E-state index in [0.717, 1.165) is 34.7 Å². The van der Waals surface area contributed by atoms with E-state index in [9.17, 15) is 4.79 Å². The van der Waals surface area contributed by atoms with Crippen molar-refractivity contribution in [2.75, 3.05) is 44.6 Å². The van der Waals surface area contributed by atoms with Crippen molar-refractivity contribution < 1.29 is 19.0 Å². The first kappa shape index (κ1) is 20.3. The highest BCUT2D eigenvalue weighted by atomic mass is 32.1. The maximum Gasteiger partial charge on any atom is 0.229 e. The first-order valence-electron chi connectivity index (χ1n) is 9.84. The molecule has 30 heavy (non-hydrogen) atoms. The predicted octanol–water partition coefficient (Wildman–Crippen LogP) is 4.18. The highest BCUT2D eigenvalue weighted by molar-refractivity contribution is 7.22. The lowest BCUT2D eigenvalue weighted by Crippen LogP contribution is -2.40. The van der Waals surface area contributed by atoms with E-state index < -0.39 is 0 Å².